The van der Waals surface area contributed by atoms with Gasteiger partial charge in [-0.1, -0.05) is 59.5 Å². The van der Waals surface area contributed by atoms with Crippen LogP contribution in [0.25, 0.3) is 11.4 Å². The van der Waals surface area contributed by atoms with Gasteiger partial charge in [-0.15, -0.1) is 10.2 Å². The predicted molar refractivity (Wildman–Crippen MR) is 163 cm³/mol. The number of benzene rings is 2. The summed E-state index contributed by atoms with van der Waals surface area (Å²) in [7, 11) is 1.39. The van der Waals surface area contributed by atoms with E-state index in [0.717, 1.165) is 5.56 Å². The molecule has 13 heteroatoms. The van der Waals surface area contributed by atoms with Crippen molar-refractivity contribution in [3.8, 4) is 11.5 Å². The first-order valence-electron chi connectivity index (χ1n) is 12.6. The molecular weight excluding hydrogens is 642 g/mol. The van der Waals surface area contributed by atoms with Gasteiger partial charge in [0, 0.05) is 11.9 Å². The lowest BCUT2D eigenvalue weighted by molar-refractivity contribution is -0.132. The molecule has 1 aliphatic heterocycles. The zero-order chi connectivity index (χ0) is 29.5. The number of anilines is 1. The van der Waals surface area contributed by atoms with Crippen LogP contribution >= 0.6 is 39.0 Å². The first-order valence-corrected chi connectivity index (χ1v) is 15.2. The molecule has 42 heavy (non-hydrogen) atoms. The van der Waals surface area contributed by atoms with E-state index in [1.165, 1.54) is 41.2 Å². The van der Waals surface area contributed by atoms with Crippen molar-refractivity contribution in [2.24, 2.45) is 0 Å². The number of hydrogen-bond acceptors (Lipinski definition) is 10. The summed E-state index contributed by atoms with van der Waals surface area (Å²) in [4.78, 5) is 33.1. The molecule has 1 atom stereocenters. The molecule has 1 saturated heterocycles. The van der Waals surface area contributed by atoms with Gasteiger partial charge in [0.25, 0.3) is 5.78 Å². The number of phenolic OH excluding ortho intramolecular Hbond substituents is 1. The zero-order valence-corrected chi connectivity index (χ0v) is 25.4. The SMILES string of the molecule is COc1cc(C2C(=C(O)c3c(C)nc4ccccn34)C(=O)C(=O)N2c2nnc(SCc3ccccc3)s2)cc(Br)c1O. The number of halogens is 1. The highest BCUT2D eigenvalue weighted by Crippen LogP contribution is 2.47. The van der Waals surface area contributed by atoms with Crippen LogP contribution in [0, 0.1) is 6.92 Å². The number of thioether (sulfide) groups is 1. The molecule has 0 spiro atoms. The molecule has 2 aromatic carbocycles. The Bertz CT molecular complexity index is 1890. The Morgan fingerprint density at radius 3 is 2.64 bits per heavy atom. The quantitative estimate of drug-likeness (QED) is 0.0720. The molecule has 5 aromatic rings. The number of Topliss-reactive ketones (excluding diaryl/α,β-unsaturated/α-hetero) is 1. The van der Waals surface area contributed by atoms with Crippen LogP contribution in [0.1, 0.15) is 28.6 Å². The molecule has 1 unspecified atom stereocenters. The van der Waals surface area contributed by atoms with E-state index in [2.05, 4.69) is 31.1 Å². The first kappa shape index (κ1) is 27.9. The number of carbonyl (C=O) groups is 2. The zero-order valence-electron chi connectivity index (χ0n) is 22.2. The maximum absolute atomic E-state index is 13.7. The molecule has 0 saturated carbocycles. The largest absolute Gasteiger partial charge is 0.505 e. The molecule has 212 valence electrons. The number of ether oxygens (including phenoxy) is 1. The molecule has 1 fully saturated rings. The third-order valence-electron chi connectivity index (χ3n) is 6.77. The fourth-order valence-electron chi connectivity index (χ4n) is 4.86. The molecule has 2 N–H and O–H groups in total. The molecule has 0 bridgehead atoms. The maximum atomic E-state index is 13.7. The number of rotatable bonds is 7. The van der Waals surface area contributed by atoms with Crippen molar-refractivity contribution in [1.82, 2.24) is 19.6 Å². The molecule has 0 radical (unpaired) electrons. The van der Waals surface area contributed by atoms with E-state index in [1.54, 1.807) is 35.7 Å². The Labute approximate surface area is 256 Å². The van der Waals surface area contributed by atoms with Gasteiger partial charge in [-0.2, -0.15) is 0 Å². The summed E-state index contributed by atoms with van der Waals surface area (Å²) in [5.74, 6) is -1.53. The van der Waals surface area contributed by atoms with Gasteiger partial charge in [0.1, 0.15) is 11.3 Å². The number of phenols is 1. The highest BCUT2D eigenvalue weighted by molar-refractivity contribution is 9.10. The van der Waals surface area contributed by atoms with Gasteiger partial charge < -0.3 is 14.9 Å². The number of aromatic nitrogens is 4. The number of aryl methyl sites for hydroxylation is 1. The lowest BCUT2D eigenvalue weighted by Crippen LogP contribution is -2.29. The van der Waals surface area contributed by atoms with Crippen molar-refractivity contribution in [2.45, 2.75) is 23.1 Å². The second-order valence-electron chi connectivity index (χ2n) is 9.32. The second-order valence-corrected chi connectivity index (χ2v) is 12.4. The van der Waals surface area contributed by atoms with Crippen molar-refractivity contribution < 1.29 is 24.5 Å². The summed E-state index contributed by atoms with van der Waals surface area (Å²) >= 11 is 5.97. The standard InChI is InChI=1S/C29H22BrN5O5S2/c1-15-22(34-11-7-6-10-20(34)31-15)25(37)21-23(17-12-18(30)24(36)19(13-17)40-2)35(27(39)26(21)38)28-32-33-29(42-28)41-14-16-8-4-3-5-9-16/h3-13,23,36-37H,14H2,1-2H3. The molecule has 0 aliphatic carbocycles. The van der Waals surface area contributed by atoms with Crippen LogP contribution in [-0.2, 0) is 15.3 Å². The minimum atomic E-state index is -1.11. The number of nitrogens with zero attached hydrogens (tertiary/aromatic N) is 5. The molecule has 10 nitrogen and oxygen atoms in total. The third-order valence-corrected chi connectivity index (χ3v) is 9.50. The van der Waals surface area contributed by atoms with Gasteiger partial charge in [-0.25, -0.2) is 4.98 Å². The van der Waals surface area contributed by atoms with Crippen LogP contribution in [-0.4, -0.2) is 48.6 Å². The van der Waals surface area contributed by atoms with Crippen LogP contribution in [0.2, 0.25) is 0 Å². The Kier molecular flexibility index (Phi) is 7.47. The predicted octanol–water partition coefficient (Wildman–Crippen LogP) is 5.89. The number of amides is 1. The van der Waals surface area contributed by atoms with Gasteiger partial charge in [0.2, 0.25) is 5.13 Å². The van der Waals surface area contributed by atoms with Crippen LogP contribution in [0.3, 0.4) is 0 Å². The minimum Gasteiger partial charge on any atom is -0.505 e. The smallest absolute Gasteiger partial charge is 0.301 e. The number of methoxy groups -OCH3 is 1. The molecule has 3 aromatic heterocycles. The minimum absolute atomic E-state index is 0.118. The van der Waals surface area contributed by atoms with E-state index in [1.807, 2.05) is 36.4 Å². The van der Waals surface area contributed by atoms with Crippen molar-refractivity contribution in [1.29, 1.82) is 0 Å². The second kappa shape index (κ2) is 11.2. The fraction of sp³-hybridized carbons (Fsp3) is 0.138. The molecule has 4 heterocycles. The highest BCUT2D eigenvalue weighted by Gasteiger charge is 2.49. The number of imidazole rings is 1. The van der Waals surface area contributed by atoms with E-state index in [-0.39, 0.29) is 38.1 Å². The Morgan fingerprint density at radius 2 is 1.88 bits per heavy atom. The number of fused-ring (bicyclic) bond motifs is 1. The third kappa shape index (κ3) is 4.82. The van der Waals surface area contributed by atoms with Crippen LogP contribution in [0.15, 0.2) is 81.2 Å². The number of carbonyl (C=O) groups excluding carboxylic acids is 2. The lowest BCUT2D eigenvalue weighted by Gasteiger charge is -2.23. The average Bonchev–Trinajstić information content (AvgIpc) is 3.67. The Morgan fingerprint density at radius 1 is 1.12 bits per heavy atom. The highest BCUT2D eigenvalue weighted by atomic mass is 79.9. The lowest BCUT2D eigenvalue weighted by atomic mass is 9.96. The van der Waals surface area contributed by atoms with E-state index < -0.39 is 17.7 Å². The van der Waals surface area contributed by atoms with Gasteiger partial charge in [-0.3, -0.25) is 18.9 Å². The van der Waals surface area contributed by atoms with Crippen molar-refractivity contribution in [3.63, 3.8) is 0 Å². The Hall–Kier alpha value is -4.20. The molecule has 1 aliphatic rings. The normalized spacial score (nSPS) is 16.5. The summed E-state index contributed by atoms with van der Waals surface area (Å²) in [5, 5.41) is 30.9. The van der Waals surface area contributed by atoms with E-state index in [9.17, 15) is 19.8 Å². The topological polar surface area (TPSA) is 130 Å². The maximum Gasteiger partial charge on any atom is 0.301 e. The summed E-state index contributed by atoms with van der Waals surface area (Å²) in [5.41, 5.74) is 2.68. The number of aromatic hydroxyl groups is 1. The van der Waals surface area contributed by atoms with Crippen LogP contribution in [0.4, 0.5) is 5.13 Å². The summed E-state index contributed by atoms with van der Waals surface area (Å²) in [6.07, 6.45) is 1.72. The summed E-state index contributed by atoms with van der Waals surface area (Å²) in [6.45, 7) is 1.72. The van der Waals surface area contributed by atoms with E-state index in [0.29, 0.717) is 27.0 Å². The van der Waals surface area contributed by atoms with E-state index in [4.69, 9.17) is 4.74 Å². The first-order chi connectivity index (χ1) is 20.3. The van der Waals surface area contributed by atoms with Gasteiger partial charge in [0.05, 0.1) is 28.9 Å². The molecule has 6 rings (SSSR count). The van der Waals surface area contributed by atoms with Crippen molar-refractivity contribution in [2.75, 3.05) is 12.0 Å². The monoisotopic (exact) mass is 663 g/mol. The number of pyridine rings is 1. The van der Waals surface area contributed by atoms with Gasteiger partial charge >= 0.3 is 5.91 Å². The Balaban J connectivity index is 1.50. The molecular formula is C29H22BrN5O5S2. The van der Waals surface area contributed by atoms with Gasteiger partial charge in [-0.05, 0) is 58.2 Å². The van der Waals surface area contributed by atoms with Gasteiger partial charge in [0.15, 0.2) is 21.6 Å². The molecule has 1 amide bonds. The number of aliphatic hydroxyl groups excluding tert-OH is 1. The average molecular weight is 665 g/mol. The van der Waals surface area contributed by atoms with Crippen molar-refractivity contribution in [3.05, 3.63) is 99.4 Å². The fourth-order valence-corrected chi connectivity index (χ4v) is 7.14. The van der Waals surface area contributed by atoms with Crippen LogP contribution < -0.4 is 9.64 Å². The summed E-state index contributed by atoms with van der Waals surface area (Å²) in [6, 6.07) is 17.2. The summed E-state index contributed by atoms with van der Waals surface area (Å²) < 4.78 is 7.90. The van der Waals surface area contributed by atoms with Crippen LogP contribution in [0.5, 0.6) is 11.5 Å². The van der Waals surface area contributed by atoms with Crippen molar-refractivity contribution >= 4 is 67.3 Å². The van der Waals surface area contributed by atoms with E-state index >= 15 is 0 Å². The number of hydrogen-bond donors (Lipinski definition) is 2. The number of ketones is 1. The number of aliphatic hydroxyl groups is 1.